The standard InChI is InChI=1S/C28H32/c1-4-10-26(21-27(11-5-2)28-15-9-12-22(3)20-28)25-18-16-24(17-19-25)23-13-7-6-8-14-23/h6-9,13-21,26H,3-5,10-12H2,1-2H3/b27-21+. The Kier molecular flexibility index (Phi) is 7.25. The summed E-state index contributed by atoms with van der Waals surface area (Å²) in [6, 6.07) is 19.8. The topological polar surface area (TPSA) is 0 Å². The molecule has 2 aromatic carbocycles. The fraction of sp³-hybridized carbons (Fsp3) is 0.286. The van der Waals surface area contributed by atoms with Crippen LogP contribution in [0.3, 0.4) is 0 Å². The Balaban J connectivity index is 1.90. The predicted molar refractivity (Wildman–Crippen MR) is 123 cm³/mol. The first-order valence-corrected chi connectivity index (χ1v) is 10.6. The van der Waals surface area contributed by atoms with Crippen LogP contribution in [0.15, 0.2) is 102 Å². The Hall–Kier alpha value is -2.60. The highest BCUT2D eigenvalue weighted by molar-refractivity contribution is 5.63. The van der Waals surface area contributed by atoms with Gasteiger partial charge in [0.1, 0.15) is 0 Å². The maximum Gasteiger partial charge on any atom is 0.00239 e. The van der Waals surface area contributed by atoms with Crippen molar-refractivity contribution in [3.63, 3.8) is 0 Å². The minimum absolute atomic E-state index is 0.459. The number of benzene rings is 2. The van der Waals surface area contributed by atoms with Crippen LogP contribution >= 0.6 is 0 Å². The van der Waals surface area contributed by atoms with Gasteiger partial charge >= 0.3 is 0 Å². The first-order chi connectivity index (χ1) is 13.7. The van der Waals surface area contributed by atoms with Crippen molar-refractivity contribution in [2.75, 3.05) is 0 Å². The second-order valence-corrected chi connectivity index (χ2v) is 7.69. The van der Waals surface area contributed by atoms with Crippen LogP contribution in [-0.2, 0) is 0 Å². The van der Waals surface area contributed by atoms with Crippen molar-refractivity contribution >= 4 is 0 Å². The molecule has 0 saturated carbocycles. The highest BCUT2D eigenvalue weighted by atomic mass is 14.2. The minimum Gasteiger partial charge on any atom is -0.0955 e. The second-order valence-electron chi connectivity index (χ2n) is 7.69. The molecule has 3 rings (SSSR count). The van der Waals surface area contributed by atoms with Gasteiger partial charge in [0.05, 0.1) is 0 Å². The Morgan fingerprint density at radius 1 is 0.964 bits per heavy atom. The fourth-order valence-corrected chi connectivity index (χ4v) is 3.91. The zero-order chi connectivity index (χ0) is 19.8. The number of allylic oxidation sites excluding steroid dienone is 7. The van der Waals surface area contributed by atoms with Crippen molar-refractivity contribution in [3.05, 3.63) is 108 Å². The quantitative estimate of drug-likeness (QED) is 0.439. The Morgan fingerprint density at radius 3 is 2.32 bits per heavy atom. The first kappa shape index (κ1) is 20.1. The normalized spacial score (nSPS) is 15.4. The fourth-order valence-electron chi connectivity index (χ4n) is 3.91. The molecule has 0 aliphatic heterocycles. The maximum atomic E-state index is 4.16. The van der Waals surface area contributed by atoms with E-state index >= 15 is 0 Å². The molecular weight excluding hydrogens is 336 g/mol. The molecule has 1 aliphatic rings. The third-order valence-corrected chi connectivity index (χ3v) is 5.38. The molecule has 2 aromatic rings. The largest absolute Gasteiger partial charge is 0.0955 e. The molecule has 28 heavy (non-hydrogen) atoms. The molecule has 0 heteroatoms. The highest BCUT2D eigenvalue weighted by Gasteiger charge is 2.13. The summed E-state index contributed by atoms with van der Waals surface area (Å²) >= 11 is 0. The van der Waals surface area contributed by atoms with Gasteiger partial charge in [-0.1, -0.05) is 118 Å². The summed E-state index contributed by atoms with van der Waals surface area (Å²) in [5.74, 6) is 0.459. The molecule has 0 spiro atoms. The molecule has 1 atom stereocenters. The molecule has 0 nitrogen and oxygen atoms in total. The van der Waals surface area contributed by atoms with Crippen molar-refractivity contribution in [1.29, 1.82) is 0 Å². The Labute approximate surface area is 171 Å². The molecule has 0 heterocycles. The van der Waals surface area contributed by atoms with Gasteiger partial charge in [0, 0.05) is 5.92 Å². The zero-order valence-electron chi connectivity index (χ0n) is 17.3. The molecule has 1 aliphatic carbocycles. The zero-order valence-corrected chi connectivity index (χ0v) is 17.3. The summed E-state index contributed by atoms with van der Waals surface area (Å²) in [7, 11) is 0. The lowest BCUT2D eigenvalue weighted by Crippen LogP contribution is -2.00. The number of rotatable bonds is 8. The van der Waals surface area contributed by atoms with Gasteiger partial charge in [-0.25, -0.2) is 0 Å². The molecule has 0 fully saturated rings. The van der Waals surface area contributed by atoms with E-state index in [2.05, 4.69) is 99.3 Å². The van der Waals surface area contributed by atoms with Crippen LogP contribution < -0.4 is 0 Å². The Morgan fingerprint density at radius 2 is 1.68 bits per heavy atom. The van der Waals surface area contributed by atoms with Crippen molar-refractivity contribution in [1.82, 2.24) is 0 Å². The lowest BCUT2D eigenvalue weighted by atomic mass is 9.87. The summed E-state index contributed by atoms with van der Waals surface area (Å²) in [5.41, 5.74) is 7.99. The lowest BCUT2D eigenvalue weighted by Gasteiger charge is -2.18. The molecule has 0 bridgehead atoms. The molecular formula is C28H32. The van der Waals surface area contributed by atoms with Crippen LogP contribution in [0.1, 0.15) is 57.4 Å². The van der Waals surface area contributed by atoms with Gasteiger partial charge in [0.25, 0.3) is 0 Å². The van der Waals surface area contributed by atoms with E-state index in [0.29, 0.717) is 5.92 Å². The first-order valence-electron chi connectivity index (χ1n) is 10.6. The Bertz CT molecular complexity index is 860. The smallest absolute Gasteiger partial charge is 0.00239 e. The molecule has 1 unspecified atom stereocenters. The van der Waals surface area contributed by atoms with Crippen LogP contribution in [0.5, 0.6) is 0 Å². The second kappa shape index (κ2) is 10.1. The molecule has 0 N–H and O–H groups in total. The van der Waals surface area contributed by atoms with Crippen molar-refractivity contribution < 1.29 is 0 Å². The van der Waals surface area contributed by atoms with E-state index in [1.165, 1.54) is 46.3 Å². The van der Waals surface area contributed by atoms with E-state index in [9.17, 15) is 0 Å². The van der Waals surface area contributed by atoms with Gasteiger partial charge in [-0.05, 0) is 47.1 Å². The van der Waals surface area contributed by atoms with Gasteiger partial charge < -0.3 is 0 Å². The van der Waals surface area contributed by atoms with Crippen molar-refractivity contribution in [2.45, 2.75) is 51.9 Å². The average molecular weight is 369 g/mol. The number of hydrogen-bond acceptors (Lipinski definition) is 0. The summed E-state index contributed by atoms with van der Waals surface area (Å²) in [4.78, 5) is 0. The van der Waals surface area contributed by atoms with Gasteiger partial charge in [-0.2, -0.15) is 0 Å². The van der Waals surface area contributed by atoms with Crippen LogP contribution in [0.4, 0.5) is 0 Å². The van der Waals surface area contributed by atoms with E-state index in [-0.39, 0.29) is 0 Å². The summed E-state index contributed by atoms with van der Waals surface area (Å²) in [5, 5.41) is 0. The van der Waals surface area contributed by atoms with E-state index in [4.69, 9.17) is 0 Å². The maximum absolute atomic E-state index is 4.16. The highest BCUT2D eigenvalue weighted by Crippen LogP contribution is 2.31. The van der Waals surface area contributed by atoms with Crippen LogP contribution in [0.25, 0.3) is 11.1 Å². The summed E-state index contributed by atoms with van der Waals surface area (Å²) < 4.78 is 0. The number of hydrogen-bond donors (Lipinski definition) is 0. The predicted octanol–water partition coefficient (Wildman–Crippen LogP) is 8.41. The van der Waals surface area contributed by atoms with Gasteiger partial charge in [-0.3, -0.25) is 0 Å². The third-order valence-electron chi connectivity index (χ3n) is 5.38. The van der Waals surface area contributed by atoms with E-state index < -0.39 is 0 Å². The van der Waals surface area contributed by atoms with Crippen molar-refractivity contribution in [3.8, 4) is 11.1 Å². The molecule has 0 aromatic heterocycles. The van der Waals surface area contributed by atoms with E-state index in [0.717, 1.165) is 19.3 Å². The van der Waals surface area contributed by atoms with Crippen LogP contribution in [0.2, 0.25) is 0 Å². The van der Waals surface area contributed by atoms with Gasteiger partial charge in [0.2, 0.25) is 0 Å². The summed E-state index contributed by atoms with van der Waals surface area (Å²) in [6.07, 6.45) is 14.9. The lowest BCUT2D eigenvalue weighted by molar-refractivity contribution is 0.709. The van der Waals surface area contributed by atoms with Crippen LogP contribution in [-0.4, -0.2) is 0 Å². The minimum atomic E-state index is 0.459. The molecule has 0 amide bonds. The van der Waals surface area contributed by atoms with Gasteiger partial charge in [-0.15, -0.1) is 0 Å². The summed E-state index contributed by atoms with van der Waals surface area (Å²) in [6.45, 7) is 8.71. The molecule has 144 valence electrons. The third kappa shape index (κ3) is 5.23. The van der Waals surface area contributed by atoms with Gasteiger partial charge in [0.15, 0.2) is 0 Å². The van der Waals surface area contributed by atoms with E-state index in [1.807, 2.05) is 0 Å². The monoisotopic (exact) mass is 368 g/mol. The average Bonchev–Trinajstić information content (AvgIpc) is 2.74. The molecule has 0 saturated heterocycles. The van der Waals surface area contributed by atoms with Crippen LogP contribution in [0, 0.1) is 0 Å². The van der Waals surface area contributed by atoms with Crippen molar-refractivity contribution in [2.24, 2.45) is 0 Å². The SMILES string of the molecule is C=C1C=C(/C(=C/C(CCC)c2ccc(-c3ccccc3)cc2)CCC)C=CC1. The molecule has 0 radical (unpaired) electrons. The van der Waals surface area contributed by atoms with E-state index in [1.54, 1.807) is 0 Å².